The van der Waals surface area contributed by atoms with E-state index in [1.807, 2.05) is 0 Å². The van der Waals surface area contributed by atoms with Crippen molar-refractivity contribution in [1.29, 1.82) is 5.26 Å². The van der Waals surface area contributed by atoms with Gasteiger partial charge in [0.25, 0.3) is 0 Å². The number of aromatic nitrogens is 1. The van der Waals surface area contributed by atoms with Crippen LogP contribution in [-0.2, 0) is 0 Å². The Kier molecular flexibility index (Phi) is 3.90. The number of anilines is 1. The molecule has 1 aromatic heterocycles. The van der Waals surface area contributed by atoms with Gasteiger partial charge in [0.15, 0.2) is 0 Å². The number of nitrogens with zero attached hydrogens (tertiary/aromatic N) is 2. The number of hydrogen-bond acceptors (Lipinski definition) is 3. The van der Waals surface area contributed by atoms with Crippen molar-refractivity contribution in [3.63, 3.8) is 0 Å². The van der Waals surface area contributed by atoms with E-state index in [9.17, 15) is 18.4 Å². The first-order chi connectivity index (χ1) is 11.0. The summed E-state index contributed by atoms with van der Waals surface area (Å²) in [5.74, 6) is 0.438. The van der Waals surface area contributed by atoms with Gasteiger partial charge in [-0.25, -0.2) is 0 Å². The number of ether oxygens (including phenoxy) is 1. The Morgan fingerprint density at radius 3 is 2.57 bits per heavy atom. The molecule has 0 saturated carbocycles. The molecule has 1 fully saturated rings. The molecule has 0 spiro atoms. The number of nitriles is 1. The van der Waals surface area contributed by atoms with E-state index in [0.717, 1.165) is 31.7 Å². The fourth-order valence-electron chi connectivity index (χ4n) is 2.74. The monoisotopic (exact) mass is 321 g/mol. The van der Waals surface area contributed by atoms with Gasteiger partial charge in [0.2, 0.25) is 0 Å². The number of nitrogens with one attached hydrogen (secondary N) is 1. The summed E-state index contributed by atoms with van der Waals surface area (Å²) >= 11 is 0. The largest absolute Gasteiger partial charge is 0.573 e. The number of alkyl halides is 3. The third kappa shape index (κ3) is 3.42. The lowest BCUT2D eigenvalue weighted by atomic mass is 10.1. The molecule has 0 amide bonds. The second kappa shape index (κ2) is 5.88. The highest BCUT2D eigenvalue weighted by atomic mass is 19.4. The molecule has 7 heteroatoms. The smallest absolute Gasteiger partial charge is 0.406 e. The Hall–Kier alpha value is -2.62. The van der Waals surface area contributed by atoms with E-state index in [0.29, 0.717) is 16.8 Å². The average Bonchev–Trinajstić information content (AvgIpc) is 3.14. The van der Waals surface area contributed by atoms with Crippen LogP contribution < -0.4 is 9.64 Å². The first kappa shape index (κ1) is 15.3. The molecule has 120 valence electrons. The molecule has 0 bridgehead atoms. The van der Waals surface area contributed by atoms with Crippen LogP contribution in [0, 0.1) is 11.3 Å². The number of benzene rings is 1. The van der Waals surface area contributed by atoms with Crippen LogP contribution in [0.2, 0.25) is 0 Å². The first-order valence-electron chi connectivity index (χ1n) is 7.20. The highest BCUT2D eigenvalue weighted by molar-refractivity contribution is 5.70. The van der Waals surface area contributed by atoms with Crippen molar-refractivity contribution in [2.24, 2.45) is 0 Å². The molecule has 1 aliphatic heterocycles. The molecular weight excluding hydrogens is 307 g/mol. The first-order valence-corrected chi connectivity index (χ1v) is 7.20. The van der Waals surface area contributed by atoms with Gasteiger partial charge in [-0.15, -0.1) is 13.2 Å². The Labute approximate surface area is 131 Å². The van der Waals surface area contributed by atoms with Crippen LogP contribution in [0.5, 0.6) is 5.75 Å². The summed E-state index contributed by atoms with van der Waals surface area (Å²) in [6.07, 6.45) is -2.60. The van der Waals surface area contributed by atoms with E-state index < -0.39 is 6.36 Å². The fourth-order valence-corrected chi connectivity index (χ4v) is 2.74. The minimum absolute atomic E-state index is 0.286. The van der Waals surface area contributed by atoms with E-state index in [1.165, 1.54) is 18.2 Å². The number of halogens is 3. The Morgan fingerprint density at radius 1 is 1.17 bits per heavy atom. The molecular formula is C16H14F3N3O. The molecule has 0 aliphatic carbocycles. The van der Waals surface area contributed by atoms with Gasteiger partial charge in [-0.2, -0.15) is 5.26 Å². The predicted octanol–water partition coefficient (Wildman–Crippen LogP) is 4.05. The van der Waals surface area contributed by atoms with E-state index >= 15 is 0 Å². The second-order valence-corrected chi connectivity index (χ2v) is 5.33. The lowest BCUT2D eigenvalue weighted by Crippen LogP contribution is -2.18. The molecule has 0 unspecified atom stereocenters. The zero-order chi connectivity index (χ0) is 16.4. The maximum Gasteiger partial charge on any atom is 0.573 e. The van der Waals surface area contributed by atoms with Crippen LogP contribution in [-0.4, -0.2) is 24.4 Å². The zero-order valence-electron chi connectivity index (χ0n) is 12.2. The molecule has 1 aromatic carbocycles. The topological polar surface area (TPSA) is 52.0 Å². The molecule has 0 radical (unpaired) electrons. The lowest BCUT2D eigenvalue weighted by molar-refractivity contribution is -0.274. The van der Waals surface area contributed by atoms with Gasteiger partial charge in [0.1, 0.15) is 17.6 Å². The molecule has 2 aromatic rings. The van der Waals surface area contributed by atoms with E-state index in [4.69, 9.17) is 0 Å². The number of hydrogen-bond donors (Lipinski definition) is 1. The summed E-state index contributed by atoms with van der Waals surface area (Å²) in [6.45, 7) is 1.73. The molecule has 0 atom stereocenters. The van der Waals surface area contributed by atoms with Crippen LogP contribution in [0.15, 0.2) is 30.3 Å². The SMILES string of the molecule is N#Cc1cc(-c2cccc(OC(F)(F)F)c2)[nH]c1N1CCCC1. The quantitative estimate of drug-likeness (QED) is 0.928. The minimum atomic E-state index is -4.73. The molecule has 1 aliphatic rings. The molecule has 23 heavy (non-hydrogen) atoms. The standard InChI is InChI=1S/C16H14F3N3O/c17-16(18,19)23-13-5-3-4-11(8-13)14-9-12(10-20)15(21-14)22-6-1-2-7-22/h3-5,8-9,21H,1-2,6-7H2. The van der Waals surface area contributed by atoms with E-state index in [2.05, 4.69) is 20.7 Å². The summed E-state index contributed by atoms with van der Waals surface area (Å²) in [6, 6.07) is 9.48. The third-order valence-electron chi connectivity index (χ3n) is 3.72. The van der Waals surface area contributed by atoms with Gasteiger partial charge in [-0.3, -0.25) is 0 Å². The molecule has 2 heterocycles. The van der Waals surface area contributed by atoms with Gasteiger partial charge in [0.05, 0.1) is 5.56 Å². The maximum absolute atomic E-state index is 12.3. The van der Waals surface area contributed by atoms with Crippen LogP contribution >= 0.6 is 0 Å². The maximum atomic E-state index is 12.3. The molecule has 4 nitrogen and oxygen atoms in total. The van der Waals surface area contributed by atoms with Crippen molar-refractivity contribution < 1.29 is 17.9 Å². The highest BCUT2D eigenvalue weighted by Gasteiger charge is 2.31. The van der Waals surface area contributed by atoms with Crippen LogP contribution in [0.4, 0.5) is 19.0 Å². The normalized spacial score (nSPS) is 14.8. The van der Waals surface area contributed by atoms with Crippen molar-refractivity contribution in [1.82, 2.24) is 4.98 Å². The van der Waals surface area contributed by atoms with E-state index in [1.54, 1.807) is 12.1 Å². The highest BCUT2D eigenvalue weighted by Crippen LogP contribution is 2.32. The number of aromatic amines is 1. The van der Waals surface area contributed by atoms with E-state index in [-0.39, 0.29) is 5.75 Å². The van der Waals surface area contributed by atoms with Crippen LogP contribution in [0.3, 0.4) is 0 Å². The zero-order valence-corrected chi connectivity index (χ0v) is 12.2. The van der Waals surface area contributed by atoms with Crippen molar-refractivity contribution in [2.45, 2.75) is 19.2 Å². The van der Waals surface area contributed by atoms with Gasteiger partial charge < -0.3 is 14.6 Å². The molecule has 3 rings (SSSR count). The Morgan fingerprint density at radius 2 is 1.91 bits per heavy atom. The summed E-state index contributed by atoms with van der Waals surface area (Å²) in [5.41, 5.74) is 1.62. The van der Waals surface area contributed by atoms with Gasteiger partial charge >= 0.3 is 6.36 Å². The fraction of sp³-hybridized carbons (Fsp3) is 0.312. The van der Waals surface area contributed by atoms with Crippen LogP contribution in [0.1, 0.15) is 18.4 Å². The van der Waals surface area contributed by atoms with Crippen molar-refractivity contribution in [3.05, 3.63) is 35.9 Å². The number of H-pyrrole nitrogens is 1. The second-order valence-electron chi connectivity index (χ2n) is 5.33. The summed E-state index contributed by atoms with van der Waals surface area (Å²) in [5, 5.41) is 9.28. The van der Waals surface area contributed by atoms with Crippen LogP contribution in [0.25, 0.3) is 11.3 Å². The van der Waals surface area contributed by atoms with Gasteiger partial charge in [0, 0.05) is 24.3 Å². The van der Waals surface area contributed by atoms with Crippen molar-refractivity contribution in [3.8, 4) is 23.1 Å². The third-order valence-corrected chi connectivity index (χ3v) is 3.72. The van der Waals surface area contributed by atoms with Crippen molar-refractivity contribution >= 4 is 5.82 Å². The van der Waals surface area contributed by atoms with Gasteiger partial charge in [-0.1, -0.05) is 12.1 Å². The Bertz CT molecular complexity index is 740. The molecule has 1 N–H and O–H groups in total. The lowest BCUT2D eigenvalue weighted by Gasteiger charge is -2.15. The molecule has 1 saturated heterocycles. The Balaban J connectivity index is 1.93. The number of rotatable bonds is 3. The minimum Gasteiger partial charge on any atom is -0.406 e. The average molecular weight is 321 g/mol. The van der Waals surface area contributed by atoms with Crippen molar-refractivity contribution in [2.75, 3.05) is 18.0 Å². The van der Waals surface area contributed by atoms with Gasteiger partial charge in [-0.05, 0) is 31.0 Å². The summed E-state index contributed by atoms with van der Waals surface area (Å²) < 4.78 is 40.9. The summed E-state index contributed by atoms with van der Waals surface area (Å²) in [7, 11) is 0. The predicted molar refractivity (Wildman–Crippen MR) is 79.1 cm³/mol. The summed E-state index contributed by atoms with van der Waals surface area (Å²) in [4.78, 5) is 5.23.